The Hall–Kier alpha value is -2.10. The highest BCUT2D eigenvalue weighted by molar-refractivity contribution is 7.99. The van der Waals surface area contributed by atoms with E-state index >= 15 is 0 Å². The zero-order valence-electron chi connectivity index (χ0n) is 11.3. The van der Waals surface area contributed by atoms with Gasteiger partial charge in [0.2, 0.25) is 15.9 Å². The van der Waals surface area contributed by atoms with Gasteiger partial charge >= 0.3 is 0 Å². The maximum Gasteiger partial charge on any atom is 0.251 e. The summed E-state index contributed by atoms with van der Waals surface area (Å²) in [5.74, 6) is -0.249. The molecule has 116 valence electrons. The number of benzene rings is 1. The minimum absolute atomic E-state index is 0.0310. The van der Waals surface area contributed by atoms with Crippen LogP contribution in [-0.4, -0.2) is 20.1 Å². The van der Waals surface area contributed by atoms with Crippen LogP contribution in [-0.2, 0) is 14.8 Å². The van der Waals surface area contributed by atoms with E-state index < -0.39 is 10.0 Å². The summed E-state index contributed by atoms with van der Waals surface area (Å²) in [6, 6.07) is 10.4. The lowest BCUT2D eigenvalue weighted by Crippen LogP contribution is -2.28. The lowest BCUT2D eigenvalue weighted by atomic mass is 10.3. The van der Waals surface area contributed by atoms with E-state index in [0.717, 1.165) is 11.8 Å². The van der Waals surface area contributed by atoms with Crippen molar-refractivity contribution >= 4 is 33.4 Å². The summed E-state index contributed by atoms with van der Waals surface area (Å²) in [6.07, 6.45) is 1.35. The highest BCUT2D eigenvalue weighted by Gasteiger charge is 2.10. The number of carbonyl (C=O) groups is 1. The normalized spacial score (nSPS) is 11.1. The molecule has 1 aromatic carbocycles. The highest BCUT2D eigenvalue weighted by atomic mass is 32.2. The van der Waals surface area contributed by atoms with Crippen molar-refractivity contribution in [3.8, 4) is 0 Å². The molecule has 0 saturated heterocycles. The number of aromatic nitrogens is 1. The van der Waals surface area contributed by atoms with Crippen LogP contribution in [0.3, 0.4) is 0 Å². The average molecular weight is 339 g/mol. The van der Waals surface area contributed by atoms with E-state index in [1.54, 1.807) is 18.2 Å². The number of primary sulfonamides is 1. The van der Waals surface area contributed by atoms with E-state index in [4.69, 9.17) is 5.14 Å². The van der Waals surface area contributed by atoms with Crippen LogP contribution in [0.5, 0.6) is 0 Å². The van der Waals surface area contributed by atoms with Crippen molar-refractivity contribution in [3.05, 3.63) is 53.9 Å². The van der Waals surface area contributed by atoms with Crippen molar-refractivity contribution in [3.63, 3.8) is 0 Å². The first-order valence-corrected chi connectivity index (χ1v) is 8.63. The largest absolute Gasteiger partial charge is 0.618 e. The molecule has 0 aliphatic heterocycles. The van der Waals surface area contributed by atoms with Gasteiger partial charge in [-0.05, 0) is 42.1 Å². The second-order valence-electron chi connectivity index (χ2n) is 4.27. The number of rotatable bonds is 5. The fraction of sp³-hybridized carbons (Fsp3) is 0.0769. The Kier molecular flexibility index (Phi) is 5.01. The summed E-state index contributed by atoms with van der Waals surface area (Å²) in [6.45, 7) is 0. The zero-order chi connectivity index (χ0) is 16.2. The molecule has 1 heterocycles. The monoisotopic (exact) mass is 339 g/mol. The van der Waals surface area contributed by atoms with Crippen LogP contribution >= 0.6 is 11.8 Å². The number of thioether (sulfide) groups is 1. The number of amides is 1. The molecular weight excluding hydrogens is 326 g/mol. The molecule has 7 nitrogen and oxygen atoms in total. The predicted molar refractivity (Wildman–Crippen MR) is 82.6 cm³/mol. The Morgan fingerprint density at radius 2 is 1.91 bits per heavy atom. The molecule has 3 N–H and O–H groups in total. The number of nitrogens with two attached hydrogens (primary N) is 1. The molecule has 0 atom stereocenters. The topological polar surface area (TPSA) is 116 Å². The minimum Gasteiger partial charge on any atom is -0.618 e. The molecule has 0 radical (unpaired) electrons. The number of anilines is 1. The molecule has 0 bridgehead atoms. The first kappa shape index (κ1) is 16.3. The second-order valence-corrected chi connectivity index (χ2v) is 6.83. The lowest BCUT2D eigenvalue weighted by Gasteiger charge is -2.06. The van der Waals surface area contributed by atoms with Crippen LogP contribution in [0.1, 0.15) is 0 Å². The van der Waals surface area contributed by atoms with Crippen LogP contribution in [0, 0.1) is 5.21 Å². The van der Waals surface area contributed by atoms with E-state index in [1.807, 2.05) is 0 Å². The van der Waals surface area contributed by atoms with Gasteiger partial charge in [0.15, 0.2) is 6.20 Å². The molecule has 2 aromatic rings. The van der Waals surface area contributed by atoms with Gasteiger partial charge in [-0.1, -0.05) is 0 Å². The van der Waals surface area contributed by atoms with Crippen molar-refractivity contribution < 1.29 is 17.9 Å². The molecular formula is C13H13N3O4S2. The average Bonchev–Trinajstić information content (AvgIpc) is 2.46. The maximum absolute atomic E-state index is 11.8. The van der Waals surface area contributed by atoms with Crippen molar-refractivity contribution in [1.29, 1.82) is 0 Å². The summed E-state index contributed by atoms with van der Waals surface area (Å²) in [4.78, 5) is 11.8. The molecule has 22 heavy (non-hydrogen) atoms. The molecule has 0 spiro atoms. The first-order chi connectivity index (χ1) is 10.4. The third-order valence-electron chi connectivity index (χ3n) is 2.61. The molecule has 0 unspecified atom stereocenters. The summed E-state index contributed by atoms with van der Waals surface area (Å²) in [5.41, 5.74) is 0.445. The van der Waals surface area contributed by atoms with E-state index in [0.29, 0.717) is 15.4 Å². The number of hydrogen-bond donors (Lipinski definition) is 2. The van der Waals surface area contributed by atoms with Gasteiger partial charge in [-0.15, -0.1) is 0 Å². The number of carbonyl (C=O) groups excluding carboxylic acids is 1. The van der Waals surface area contributed by atoms with Gasteiger partial charge in [0, 0.05) is 17.8 Å². The Morgan fingerprint density at radius 3 is 2.50 bits per heavy atom. The van der Waals surface area contributed by atoms with Crippen molar-refractivity contribution in [1.82, 2.24) is 0 Å². The molecule has 9 heteroatoms. The third kappa shape index (κ3) is 4.45. The molecule has 0 saturated carbocycles. The van der Waals surface area contributed by atoms with E-state index in [1.165, 1.54) is 30.5 Å². The van der Waals surface area contributed by atoms with Gasteiger partial charge in [0.25, 0.3) is 5.03 Å². The fourth-order valence-electron chi connectivity index (χ4n) is 1.59. The summed E-state index contributed by atoms with van der Waals surface area (Å²) in [7, 11) is -3.75. The smallest absolute Gasteiger partial charge is 0.251 e. The number of nitrogens with one attached hydrogen (secondary N) is 1. The van der Waals surface area contributed by atoms with Gasteiger partial charge in [-0.2, -0.15) is 4.73 Å². The van der Waals surface area contributed by atoms with Crippen molar-refractivity contribution in [2.75, 3.05) is 11.1 Å². The van der Waals surface area contributed by atoms with Crippen LogP contribution < -0.4 is 15.2 Å². The van der Waals surface area contributed by atoms with Gasteiger partial charge in [-0.3, -0.25) is 4.79 Å². The van der Waals surface area contributed by atoms with Crippen LogP contribution in [0.4, 0.5) is 5.69 Å². The first-order valence-electron chi connectivity index (χ1n) is 6.10. The third-order valence-corrected chi connectivity index (χ3v) is 4.55. The quantitative estimate of drug-likeness (QED) is 0.472. The number of pyridine rings is 1. The van der Waals surface area contributed by atoms with Crippen molar-refractivity contribution in [2.45, 2.75) is 9.92 Å². The van der Waals surface area contributed by atoms with Gasteiger partial charge in [0.05, 0.1) is 10.6 Å². The lowest BCUT2D eigenvalue weighted by molar-refractivity contribution is -0.645. The Bertz CT molecular complexity index is 776. The van der Waals surface area contributed by atoms with Crippen LogP contribution in [0.2, 0.25) is 0 Å². The Morgan fingerprint density at radius 1 is 1.23 bits per heavy atom. The molecule has 1 aromatic heterocycles. The predicted octanol–water partition coefficient (Wildman–Crippen LogP) is 0.698. The van der Waals surface area contributed by atoms with Gasteiger partial charge < -0.3 is 10.5 Å². The SMILES string of the molecule is NS(=O)(=O)c1ccc(NC(=O)CSc2cccc[n+]2[O-])cc1. The molecule has 0 aliphatic carbocycles. The Balaban J connectivity index is 1.94. The van der Waals surface area contributed by atoms with E-state index in [-0.39, 0.29) is 16.6 Å². The highest BCUT2D eigenvalue weighted by Crippen LogP contribution is 2.15. The molecule has 0 aliphatic rings. The zero-order valence-corrected chi connectivity index (χ0v) is 12.9. The number of hydrogen-bond acceptors (Lipinski definition) is 5. The molecule has 1 amide bonds. The van der Waals surface area contributed by atoms with Crippen molar-refractivity contribution in [2.24, 2.45) is 5.14 Å². The van der Waals surface area contributed by atoms with E-state index in [2.05, 4.69) is 5.32 Å². The summed E-state index contributed by atoms with van der Waals surface area (Å²) >= 11 is 1.10. The number of sulfonamides is 1. The second kappa shape index (κ2) is 6.77. The van der Waals surface area contributed by atoms with Crippen LogP contribution in [0.25, 0.3) is 0 Å². The summed E-state index contributed by atoms with van der Waals surface area (Å²) in [5, 5.41) is 19.4. The minimum atomic E-state index is -3.75. The van der Waals surface area contributed by atoms with Crippen LogP contribution in [0.15, 0.2) is 58.6 Å². The standard InChI is InChI=1S/C13H13N3O4S2/c14-22(19,20)11-6-4-10(5-7-11)15-12(17)9-21-13-3-1-2-8-16(13)18/h1-8H,9H2,(H,15,17)(H2,14,19,20). The maximum atomic E-state index is 11.8. The molecule has 2 rings (SSSR count). The fourth-order valence-corrected chi connectivity index (χ4v) is 2.82. The Labute approximate surface area is 131 Å². The molecule has 0 fully saturated rings. The van der Waals surface area contributed by atoms with Gasteiger partial charge in [-0.25, -0.2) is 13.6 Å². The summed E-state index contributed by atoms with van der Waals surface area (Å²) < 4.78 is 22.9. The van der Waals surface area contributed by atoms with E-state index in [9.17, 15) is 18.4 Å². The van der Waals surface area contributed by atoms with Gasteiger partial charge in [0.1, 0.15) is 0 Å². The number of nitrogens with zero attached hydrogens (tertiary/aromatic N) is 1.